The number of benzene rings is 1. The fourth-order valence-electron chi connectivity index (χ4n) is 3.53. The zero-order chi connectivity index (χ0) is 16.3. The molecule has 0 unspecified atom stereocenters. The third kappa shape index (κ3) is 4.12. The van der Waals surface area contributed by atoms with E-state index in [2.05, 4.69) is 22.3 Å². The van der Waals surface area contributed by atoms with Crippen molar-refractivity contribution in [2.75, 3.05) is 31.1 Å². The van der Waals surface area contributed by atoms with Gasteiger partial charge in [0.1, 0.15) is 0 Å². The number of hydrogen-bond donors (Lipinski definition) is 1. The van der Waals surface area contributed by atoms with E-state index in [-0.39, 0.29) is 29.4 Å². The lowest BCUT2D eigenvalue weighted by Crippen LogP contribution is -2.39. The number of sulfone groups is 1. The minimum absolute atomic E-state index is 0.00144. The molecule has 0 saturated carbocycles. The number of carbonyl (C=O) groups is 1. The summed E-state index contributed by atoms with van der Waals surface area (Å²) in [6.07, 6.45) is 2.84. The van der Waals surface area contributed by atoms with Gasteiger partial charge in [-0.25, -0.2) is 8.42 Å². The van der Waals surface area contributed by atoms with Crippen LogP contribution in [0.25, 0.3) is 0 Å². The van der Waals surface area contributed by atoms with Crippen LogP contribution in [-0.2, 0) is 14.6 Å². The molecule has 0 aliphatic carbocycles. The summed E-state index contributed by atoms with van der Waals surface area (Å²) in [6.45, 7) is 2.64. The minimum Gasteiger partial charge on any atom is -0.354 e. The first kappa shape index (κ1) is 16.5. The quantitative estimate of drug-likeness (QED) is 0.882. The van der Waals surface area contributed by atoms with Crippen LogP contribution in [0.1, 0.15) is 30.9 Å². The second kappa shape index (κ2) is 7.01. The summed E-state index contributed by atoms with van der Waals surface area (Å²) in [6, 6.07) is 10.4. The van der Waals surface area contributed by atoms with Gasteiger partial charge in [0.05, 0.1) is 23.5 Å². The zero-order valence-electron chi connectivity index (χ0n) is 13.3. The monoisotopic (exact) mass is 336 g/mol. The molecular weight excluding hydrogens is 312 g/mol. The summed E-state index contributed by atoms with van der Waals surface area (Å²) >= 11 is 0. The van der Waals surface area contributed by atoms with Gasteiger partial charge in [0.2, 0.25) is 5.91 Å². The van der Waals surface area contributed by atoms with Gasteiger partial charge >= 0.3 is 0 Å². The molecule has 0 aromatic heterocycles. The second-order valence-electron chi connectivity index (χ2n) is 6.51. The van der Waals surface area contributed by atoms with E-state index in [4.69, 9.17) is 0 Å². The second-order valence-corrected chi connectivity index (χ2v) is 8.74. The summed E-state index contributed by atoms with van der Waals surface area (Å²) in [5, 5.41) is 2.99. The van der Waals surface area contributed by atoms with Crippen molar-refractivity contribution in [2.24, 2.45) is 5.92 Å². The van der Waals surface area contributed by atoms with Gasteiger partial charge in [0.15, 0.2) is 9.84 Å². The Hall–Kier alpha value is -1.40. The van der Waals surface area contributed by atoms with Gasteiger partial charge in [-0.1, -0.05) is 30.3 Å². The molecule has 2 heterocycles. The van der Waals surface area contributed by atoms with Crippen LogP contribution in [0, 0.1) is 5.92 Å². The lowest BCUT2D eigenvalue weighted by molar-refractivity contribution is -0.124. The van der Waals surface area contributed by atoms with Gasteiger partial charge < -0.3 is 5.32 Å². The van der Waals surface area contributed by atoms with Crippen molar-refractivity contribution in [3.8, 4) is 0 Å². The molecule has 23 heavy (non-hydrogen) atoms. The number of nitrogens with one attached hydrogen (secondary N) is 1. The van der Waals surface area contributed by atoms with E-state index in [9.17, 15) is 13.2 Å². The smallest absolute Gasteiger partial charge is 0.224 e. The van der Waals surface area contributed by atoms with Gasteiger partial charge in [-0.15, -0.1) is 0 Å². The summed E-state index contributed by atoms with van der Waals surface area (Å²) in [5.41, 5.74) is 1.20. The Labute approximate surface area is 138 Å². The normalized spacial score (nSPS) is 25.3. The fraction of sp³-hybridized carbons (Fsp3) is 0.588. The highest BCUT2D eigenvalue weighted by Gasteiger charge is 2.33. The molecule has 1 N–H and O–H groups in total. The SMILES string of the molecule is O=C(NC[C@H](c1ccccc1)N1CCCC1)[C@H]1CCS(=O)(=O)C1. The molecule has 2 saturated heterocycles. The molecule has 5 nitrogen and oxygen atoms in total. The minimum atomic E-state index is -3.02. The predicted molar refractivity (Wildman–Crippen MR) is 89.8 cm³/mol. The Morgan fingerprint density at radius 3 is 2.52 bits per heavy atom. The standard InChI is InChI=1S/C17H24N2O3S/c20-17(15-8-11-23(21,22)13-15)18-12-16(19-9-4-5-10-19)14-6-2-1-3-7-14/h1-3,6-7,15-16H,4-5,8-13H2,(H,18,20)/t15-,16+/m0/s1. The molecule has 2 atom stereocenters. The van der Waals surface area contributed by atoms with Crippen LogP contribution < -0.4 is 5.32 Å². The highest BCUT2D eigenvalue weighted by atomic mass is 32.2. The van der Waals surface area contributed by atoms with Gasteiger partial charge in [-0.05, 0) is 37.9 Å². The molecule has 1 amide bonds. The number of carbonyl (C=O) groups excluding carboxylic acids is 1. The zero-order valence-corrected chi connectivity index (χ0v) is 14.1. The Balaban J connectivity index is 1.64. The van der Waals surface area contributed by atoms with E-state index in [1.165, 1.54) is 18.4 Å². The Kier molecular flexibility index (Phi) is 5.02. The Morgan fingerprint density at radius 1 is 1.22 bits per heavy atom. The van der Waals surface area contributed by atoms with Gasteiger partial charge in [0, 0.05) is 6.54 Å². The van der Waals surface area contributed by atoms with E-state index in [0.717, 1.165) is 13.1 Å². The maximum absolute atomic E-state index is 12.3. The van der Waals surface area contributed by atoms with E-state index >= 15 is 0 Å². The molecule has 0 bridgehead atoms. The van der Waals surface area contributed by atoms with Crippen LogP contribution in [0.2, 0.25) is 0 Å². The van der Waals surface area contributed by atoms with Crippen molar-refractivity contribution < 1.29 is 13.2 Å². The van der Waals surface area contributed by atoms with Crippen LogP contribution in [0.4, 0.5) is 0 Å². The van der Waals surface area contributed by atoms with Gasteiger partial charge in [0.25, 0.3) is 0 Å². The van der Waals surface area contributed by atoms with E-state index in [0.29, 0.717) is 13.0 Å². The van der Waals surface area contributed by atoms with Crippen LogP contribution in [0.15, 0.2) is 30.3 Å². The Morgan fingerprint density at radius 2 is 1.91 bits per heavy atom. The average Bonchev–Trinajstić information content (AvgIpc) is 3.18. The van der Waals surface area contributed by atoms with Crippen LogP contribution in [0.3, 0.4) is 0 Å². The third-order valence-corrected chi connectivity index (χ3v) is 6.61. The number of amides is 1. The molecular formula is C17H24N2O3S. The predicted octanol–water partition coefficient (Wildman–Crippen LogP) is 1.37. The number of rotatable bonds is 5. The van der Waals surface area contributed by atoms with Gasteiger partial charge in [-0.2, -0.15) is 0 Å². The lowest BCUT2D eigenvalue weighted by Gasteiger charge is -2.28. The number of hydrogen-bond acceptors (Lipinski definition) is 4. The molecule has 2 aliphatic heterocycles. The molecule has 2 aliphatic rings. The third-order valence-electron chi connectivity index (χ3n) is 4.84. The first-order valence-corrected chi connectivity index (χ1v) is 10.1. The van der Waals surface area contributed by atoms with Crippen molar-refractivity contribution in [3.05, 3.63) is 35.9 Å². The van der Waals surface area contributed by atoms with E-state index < -0.39 is 9.84 Å². The van der Waals surface area contributed by atoms with Crippen LogP contribution >= 0.6 is 0 Å². The largest absolute Gasteiger partial charge is 0.354 e. The molecule has 0 spiro atoms. The summed E-state index contributed by atoms with van der Waals surface area (Å²) in [5.74, 6) is -0.362. The topological polar surface area (TPSA) is 66.5 Å². The van der Waals surface area contributed by atoms with Crippen molar-refractivity contribution in [1.29, 1.82) is 0 Å². The van der Waals surface area contributed by atoms with E-state index in [1.54, 1.807) is 0 Å². The summed E-state index contributed by atoms with van der Waals surface area (Å²) < 4.78 is 23.1. The molecule has 2 fully saturated rings. The molecule has 1 aromatic rings. The molecule has 126 valence electrons. The highest BCUT2D eigenvalue weighted by molar-refractivity contribution is 7.91. The molecule has 3 rings (SSSR count). The Bertz CT molecular complexity index is 639. The fourth-order valence-corrected chi connectivity index (χ4v) is 5.27. The van der Waals surface area contributed by atoms with Crippen molar-refractivity contribution >= 4 is 15.7 Å². The first-order chi connectivity index (χ1) is 11.1. The van der Waals surface area contributed by atoms with Crippen LogP contribution in [0.5, 0.6) is 0 Å². The van der Waals surface area contributed by atoms with Crippen LogP contribution in [-0.4, -0.2) is 50.4 Å². The summed E-state index contributed by atoms with van der Waals surface area (Å²) in [4.78, 5) is 14.7. The number of likely N-dealkylation sites (tertiary alicyclic amines) is 1. The number of nitrogens with zero attached hydrogens (tertiary/aromatic N) is 1. The molecule has 0 radical (unpaired) electrons. The van der Waals surface area contributed by atoms with Crippen molar-refractivity contribution in [2.45, 2.75) is 25.3 Å². The maximum atomic E-state index is 12.3. The lowest BCUT2D eigenvalue weighted by atomic mass is 10.0. The van der Waals surface area contributed by atoms with Crippen molar-refractivity contribution in [3.63, 3.8) is 0 Å². The molecule has 1 aromatic carbocycles. The first-order valence-electron chi connectivity index (χ1n) is 8.32. The van der Waals surface area contributed by atoms with Gasteiger partial charge in [-0.3, -0.25) is 9.69 Å². The highest BCUT2D eigenvalue weighted by Crippen LogP contribution is 2.25. The van der Waals surface area contributed by atoms with E-state index in [1.807, 2.05) is 18.2 Å². The maximum Gasteiger partial charge on any atom is 0.224 e. The summed E-state index contributed by atoms with van der Waals surface area (Å²) in [7, 11) is -3.02. The average molecular weight is 336 g/mol. The van der Waals surface area contributed by atoms with Crippen molar-refractivity contribution in [1.82, 2.24) is 10.2 Å². The molecule has 6 heteroatoms.